The van der Waals surface area contributed by atoms with Crippen LogP contribution in [-0.4, -0.2) is 22.4 Å². The van der Waals surface area contributed by atoms with Crippen LogP contribution in [0.1, 0.15) is 51.6 Å². The fourth-order valence-corrected chi connectivity index (χ4v) is 3.02. The van der Waals surface area contributed by atoms with Gasteiger partial charge in [0.15, 0.2) is 0 Å². The molecule has 1 aliphatic rings. The summed E-state index contributed by atoms with van der Waals surface area (Å²) in [7, 11) is 0. The Kier molecular flexibility index (Phi) is 4.33. The highest BCUT2D eigenvalue weighted by atomic mass is 19.1. The minimum Gasteiger partial charge on any atom is -0.329 e. The van der Waals surface area contributed by atoms with Gasteiger partial charge in [0.25, 0.3) is 0 Å². The molecule has 2 unspecified atom stereocenters. The zero-order valence-electron chi connectivity index (χ0n) is 12.7. The van der Waals surface area contributed by atoms with E-state index in [0.29, 0.717) is 19.3 Å². The predicted octanol–water partition coefficient (Wildman–Crippen LogP) is 3.14. The van der Waals surface area contributed by atoms with Crippen LogP contribution in [0.5, 0.6) is 0 Å². The number of carbonyl (C=O) groups excluding carboxylic acids is 1. The van der Waals surface area contributed by atoms with E-state index in [2.05, 4.69) is 0 Å². The Bertz CT molecular complexity index is 540. The first-order chi connectivity index (χ1) is 9.71. The Morgan fingerprint density at radius 1 is 1.29 bits per heavy atom. The molecule has 1 aliphatic heterocycles. The summed E-state index contributed by atoms with van der Waals surface area (Å²) in [4.78, 5) is 14.1. The van der Waals surface area contributed by atoms with Crippen molar-refractivity contribution in [2.75, 3.05) is 0 Å². The molecule has 0 bridgehead atoms. The van der Waals surface area contributed by atoms with Gasteiger partial charge in [0.05, 0.1) is 6.04 Å². The number of rotatable bonds is 1. The van der Waals surface area contributed by atoms with Crippen molar-refractivity contribution < 1.29 is 13.6 Å². The van der Waals surface area contributed by atoms with E-state index in [1.165, 1.54) is 12.1 Å². The van der Waals surface area contributed by atoms with Gasteiger partial charge in [0.1, 0.15) is 11.6 Å². The molecule has 1 fully saturated rings. The topological polar surface area (TPSA) is 46.3 Å². The molecule has 116 valence electrons. The van der Waals surface area contributed by atoms with Gasteiger partial charge in [-0.05, 0) is 39.7 Å². The maximum atomic E-state index is 14.2. The molecule has 0 saturated carbocycles. The molecule has 1 amide bonds. The Labute approximate surface area is 124 Å². The quantitative estimate of drug-likeness (QED) is 0.865. The minimum atomic E-state index is -0.653. The van der Waals surface area contributed by atoms with Crippen LogP contribution in [0.3, 0.4) is 0 Å². The van der Waals surface area contributed by atoms with E-state index in [-0.39, 0.29) is 17.5 Å². The van der Waals surface area contributed by atoms with Crippen molar-refractivity contribution in [2.45, 2.75) is 57.7 Å². The van der Waals surface area contributed by atoms with Crippen LogP contribution in [0, 0.1) is 11.6 Å². The predicted molar refractivity (Wildman–Crippen MR) is 77.5 cm³/mol. The van der Waals surface area contributed by atoms with Crippen molar-refractivity contribution in [3.8, 4) is 0 Å². The zero-order chi connectivity index (χ0) is 15.8. The van der Waals surface area contributed by atoms with Gasteiger partial charge in [-0.3, -0.25) is 4.79 Å². The van der Waals surface area contributed by atoms with E-state index in [9.17, 15) is 13.6 Å². The number of hydrogen-bond donors (Lipinski definition) is 1. The van der Waals surface area contributed by atoms with Crippen molar-refractivity contribution in [2.24, 2.45) is 5.73 Å². The van der Waals surface area contributed by atoms with E-state index in [0.717, 1.165) is 6.07 Å². The molecule has 1 heterocycles. The summed E-state index contributed by atoms with van der Waals surface area (Å²) < 4.78 is 27.3. The number of benzene rings is 1. The number of amides is 1. The van der Waals surface area contributed by atoms with Crippen molar-refractivity contribution in [1.29, 1.82) is 0 Å². The van der Waals surface area contributed by atoms with Gasteiger partial charge >= 0.3 is 0 Å². The number of nitrogens with zero attached hydrogens (tertiary/aromatic N) is 1. The van der Waals surface area contributed by atoms with Gasteiger partial charge in [0, 0.05) is 29.6 Å². The lowest BCUT2D eigenvalue weighted by Gasteiger charge is -2.43. The van der Waals surface area contributed by atoms with Gasteiger partial charge in [0.2, 0.25) is 5.91 Å². The highest BCUT2D eigenvalue weighted by molar-refractivity contribution is 5.78. The molecule has 0 aromatic heterocycles. The van der Waals surface area contributed by atoms with E-state index in [1.54, 1.807) is 4.90 Å². The number of carbonyl (C=O) groups is 1. The normalized spacial score (nSPS) is 24.1. The maximum Gasteiger partial charge on any atom is 0.223 e. The SMILES string of the molecule is CC(C)(C)N1C(=O)CCCC(N)C1c1ccc(F)cc1F. The second-order valence-corrected chi connectivity index (χ2v) is 6.60. The molecule has 1 aromatic rings. The summed E-state index contributed by atoms with van der Waals surface area (Å²) in [6.45, 7) is 5.70. The third-order valence-corrected chi connectivity index (χ3v) is 3.88. The van der Waals surface area contributed by atoms with Crippen molar-refractivity contribution in [3.05, 3.63) is 35.4 Å². The second kappa shape index (κ2) is 5.72. The molecule has 0 radical (unpaired) electrons. The lowest BCUT2D eigenvalue weighted by Crippen LogP contribution is -2.51. The third-order valence-electron chi connectivity index (χ3n) is 3.88. The molecule has 21 heavy (non-hydrogen) atoms. The molecule has 1 saturated heterocycles. The minimum absolute atomic E-state index is 0.0378. The highest BCUT2D eigenvalue weighted by Crippen LogP contribution is 2.36. The van der Waals surface area contributed by atoms with Gasteiger partial charge in [-0.1, -0.05) is 6.07 Å². The number of hydrogen-bond acceptors (Lipinski definition) is 2. The number of nitrogens with two attached hydrogens (primary N) is 1. The van der Waals surface area contributed by atoms with Gasteiger partial charge in [-0.2, -0.15) is 0 Å². The molecule has 0 spiro atoms. The zero-order valence-corrected chi connectivity index (χ0v) is 12.7. The van der Waals surface area contributed by atoms with Gasteiger partial charge in [-0.25, -0.2) is 8.78 Å². The smallest absolute Gasteiger partial charge is 0.223 e. The van der Waals surface area contributed by atoms with Crippen LogP contribution < -0.4 is 5.73 Å². The van der Waals surface area contributed by atoms with Gasteiger partial charge in [-0.15, -0.1) is 0 Å². The van der Waals surface area contributed by atoms with Crippen LogP contribution in [0.15, 0.2) is 18.2 Å². The molecule has 1 aromatic carbocycles. The molecule has 2 atom stereocenters. The summed E-state index contributed by atoms with van der Waals surface area (Å²) in [5.74, 6) is -1.32. The van der Waals surface area contributed by atoms with Gasteiger partial charge < -0.3 is 10.6 Å². The first-order valence-corrected chi connectivity index (χ1v) is 7.24. The highest BCUT2D eigenvalue weighted by Gasteiger charge is 2.40. The van der Waals surface area contributed by atoms with Crippen LogP contribution in [0.4, 0.5) is 8.78 Å². The van der Waals surface area contributed by atoms with E-state index in [4.69, 9.17) is 5.73 Å². The monoisotopic (exact) mass is 296 g/mol. The van der Waals surface area contributed by atoms with Crippen LogP contribution in [0.25, 0.3) is 0 Å². The average Bonchev–Trinajstić information content (AvgIpc) is 2.48. The lowest BCUT2D eigenvalue weighted by molar-refractivity contribution is -0.139. The molecule has 5 heteroatoms. The number of halogens is 2. The Balaban J connectivity index is 2.54. The molecular weight excluding hydrogens is 274 g/mol. The summed E-state index contributed by atoms with van der Waals surface area (Å²) >= 11 is 0. The fourth-order valence-electron chi connectivity index (χ4n) is 3.02. The van der Waals surface area contributed by atoms with Crippen LogP contribution >= 0.6 is 0 Å². The summed E-state index contributed by atoms with van der Waals surface area (Å²) in [6, 6.07) is 2.52. The first-order valence-electron chi connectivity index (χ1n) is 7.24. The summed E-state index contributed by atoms with van der Waals surface area (Å²) in [5, 5.41) is 0. The number of likely N-dealkylation sites (tertiary alicyclic amines) is 1. The largest absolute Gasteiger partial charge is 0.329 e. The molecule has 2 rings (SSSR count). The van der Waals surface area contributed by atoms with E-state index in [1.807, 2.05) is 20.8 Å². The Morgan fingerprint density at radius 3 is 2.52 bits per heavy atom. The van der Waals surface area contributed by atoms with Crippen molar-refractivity contribution >= 4 is 5.91 Å². The third kappa shape index (κ3) is 3.23. The lowest BCUT2D eigenvalue weighted by atomic mass is 9.92. The van der Waals surface area contributed by atoms with Crippen molar-refractivity contribution in [1.82, 2.24) is 4.90 Å². The second-order valence-electron chi connectivity index (χ2n) is 6.60. The summed E-state index contributed by atoms with van der Waals surface area (Å²) in [6.07, 6.45) is 1.73. The fraction of sp³-hybridized carbons (Fsp3) is 0.562. The molecule has 2 N–H and O–H groups in total. The molecular formula is C16H22F2N2O. The molecule has 0 aliphatic carbocycles. The van der Waals surface area contributed by atoms with Crippen LogP contribution in [-0.2, 0) is 4.79 Å². The maximum absolute atomic E-state index is 14.2. The first kappa shape index (κ1) is 15.9. The average molecular weight is 296 g/mol. The molecule has 3 nitrogen and oxygen atoms in total. The summed E-state index contributed by atoms with van der Waals surface area (Å²) in [5.41, 5.74) is 6.02. The standard InChI is InChI=1S/C16H22F2N2O/c1-16(2,3)20-14(21)6-4-5-13(19)15(20)11-8-7-10(17)9-12(11)18/h7-9,13,15H,4-6,19H2,1-3H3. The Morgan fingerprint density at radius 2 is 1.95 bits per heavy atom. The van der Waals surface area contributed by atoms with Crippen LogP contribution in [0.2, 0.25) is 0 Å². The Hall–Kier alpha value is -1.49. The van der Waals surface area contributed by atoms with Crippen molar-refractivity contribution in [3.63, 3.8) is 0 Å². The van der Waals surface area contributed by atoms with E-state index < -0.39 is 23.2 Å². The van der Waals surface area contributed by atoms with E-state index >= 15 is 0 Å².